The molecule has 17 heavy (non-hydrogen) atoms. The fraction of sp³-hybridized carbons (Fsp3) is 1.00. The maximum atomic E-state index is 11.4. The Labute approximate surface area is 119 Å². The van der Waals surface area contributed by atoms with Crippen LogP contribution in [0.1, 0.15) is 13.8 Å². The Morgan fingerprint density at radius 3 is 1.47 bits per heavy atom. The average Bonchev–Trinajstić information content (AvgIpc) is 1.96. The van der Waals surface area contributed by atoms with Crippen molar-refractivity contribution in [3.63, 3.8) is 0 Å². The number of hydrogen-bond donors (Lipinski definition) is 0. The standard InChI is InChI=1S/C4H10Cl4N2O4P2S/c1-3-13-15(5,6)9-17(11,12)10-16(7,8)14-4-2/h3-4H2,1-2H3. The summed E-state index contributed by atoms with van der Waals surface area (Å²) >= 11 is 22.2. The van der Waals surface area contributed by atoms with Crippen molar-refractivity contribution in [2.45, 2.75) is 13.8 Å². The lowest BCUT2D eigenvalue weighted by molar-refractivity contribution is 0.387. The number of hydrogen-bond acceptors (Lipinski definition) is 4. The molecule has 0 N–H and O–H groups in total. The highest BCUT2D eigenvalue weighted by molar-refractivity contribution is 8.14. The molecule has 0 aliphatic carbocycles. The Morgan fingerprint density at radius 2 is 1.24 bits per heavy atom. The molecule has 0 aromatic carbocycles. The van der Waals surface area contributed by atoms with E-state index in [-0.39, 0.29) is 13.2 Å². The van der Waals surface area contributed by atoms with Crippen molar-refractivity contribution in [3.05, 3.63) is 0 Å². The van der Waals surface area contributed by atoms with E-state index in [2.05, 4.69) is 8.30 Å². The predicted octanol–water partition coefficient (Wildman–Crippen LogP) is 5.15. The lowest BCUT2D eigenvalue weighted by Gasteiger charge is -2.08. The topological polar surface area (TPSA) is 77.3 Å². The SMILES string of the molecule is CCOP(Cl)(Cl)=NS(=O)(=O)N=P(Cl)(Cl)OCC. The minimum Gasteiger partial charge on any atom is -0.321 e. The predicted molar refractivity (Wildman–Crippen MR) is 74.3 cm³/mol. The zero-order chi connectivity index (χ0) is 13.7. The molecule has 0 saturated carbocycles. The minimum absolute atomic E-state index is 0.104. The summed E-state index contributed by atoms with van der Waals surface area (Å²) in [6.07, 6.45) is 0. The van der Waals surface area contributed by atoms with Crippen LogP contribution in [0.2, 0.25) is 0 Å². The molecule has 6 nitrogen and oxygen atoms in total. The molecule has 0 unspecified atom stereocenters. The van der Waals surface area contributed by atoms with Crippen LogP contribution in [0.3, 0.4) is 0 Å². The van der Waals surface area contributed by atoms with Crippen LogP contribution in [0.15, 0.2) is 8.30 Å². The zero-order valence-electron chi connectivity index (χ0n) is 8.76. The van der Waals surface area contributed by atoms with E-state index in [0.717, 1.165) is 0 Å². The van der Waals surface area contributed by atoms with Crippen molar-refractivity contribution in [1.29, 1.82) is 0 Å². The van der Waals surface area contributed by atoms with Gasteiger partial charge in [0.2, 0.25) is 0 Å². The van der Waals surface area contributed by atoms with E-state index in [0.29, 0.717) is 0 Å². The van der Waals surface area contributed by atoms with Gasteiger partial charge in [-0.25, -0.2) is 0 Å². The van der Waals surface area contributed by atoms with Crippen molar-refractivity contribution in [3.8, 4) is 0 Å². The van der Waals surface area contributed by atoms with E-state index in [4.69, 9.17) is 54.0 Å². The van der Waals surface area contributed by atoms with E-state index in [1.54, 1.807) is 13.8 Å². The first-order valence-corrected chi connectivity index (χ1v) is 12.5. The van der Waals surface area contributed by atoms with Gasteiger partial charge in [-0.05, 0) is 58.8 Å². The monoisotopic (exact) mass is 384 g/mol. The second-order valence-electron chi connectivity index (χ2n) is 2.32. The molecule has 104 valence electrons. The first kappa shape index (κ1) is 18.5. The van der Waals surface area contributed by atoms with Gasteiger partial charge >= 0.3 is 10.2 Å². The Morgan fingerprint density at radius 1 is 0.941 bits per heavy atom. The van der Waals surface area contributed by atoms with Crippen LogP contribution in [-0.2, 0) is 19.3 Å². The summed E-state index contributed by atoms with van der Waals surface area (Å²) in [4.78, 5) is 0. The minimum atomic E-state index is -4.37. The lowest BCUT2D eigenvalue weighted by atomic mass is 10.9. The molecule has 0 radical (unpaired) electrons. The lowest BCUT2D eigenvalue weighted by Crippen LogP contribution is -1.90. The van der Waals surface area contributed by atoms with Crippen LogP contribution in [0.5, 0.6) is 0 Å². The summed E-state index contributed by atoms with van der Waals surface area (Å²) in [6, 6.07) is 0. The summed E-state index contributed by atoms with van der Waals surface area (Å²) in [5, 5.41) is 0. The summed E-state index contributed by atoms with van der Waals surface area (Å²) < 4.78 is 38.6. The molecule has 13 heteroatoms. The van der Waals surface area contributed by atoms with Crippen molar-refractivity contribution < 1.29 is 17.5 Å². The van der Waals surface area contributed by atoms with Gasteiger partial charge in [-0.1, -0.05) is 0 Å². The van der Waals surface area contributed by atoms with Gasteiger partial charge in [0, 0.05) is 0 Å². The van der Waals surface area contributed by atoms with E-state index in [1.165, 1.54) is 0 Å². The molecule has 0 saturated heterocycles. The third-order valence-electron chi connectivity index (χ3n) is 0.965. The number of nitrogens with zero attached hydrogens (tertiary/aromatic N) is 2. The zero-order valence-corrected chi connectivity index (χ0v) is 14.4. The van der Waals surface area contributed by atoms with Crippen molar-refractivity contribution in [2.75, 3.05) is 13.2 Å². The van der Waals surface area contributed by atoms with Crippen LogP contribution in [-0.4, -0.2) is 21.6 Å². The van der Waals surface area contributed by atoms with Gasteiger partial charge in [0.25, 0.3) is 12.0 Å². The van der Waals surface area contributed by atoms with Gasteiger partial charge in [-0.2, -0.15) is 8.42 Å². The van der Waals surface area contributed by atoms with E-state index < -0.39 is 22.2 Å². The highest BCUT2D eigenvalue weighted by Gasteiger charge is 2.23. The van der Waals surface area contributed by atoms with E-state index in [1.807, 2.05) is 0 Å². The molecule has 0 spiro atoms. The quantitative estimate of drug-likeness (QED) is 0.592. The van der Waals surface area contributed by atoms with Crippen LogP contribution >= 0.6 is 56.9 Å². The largest absolute Gasteiger partial charge is 0.368 e. The first-order chi connectivity index (χ1) is 7.54. The van der Waals surface area contributed by atoms with Gasteiger partial charge in [0.05, 0.1) is 13.2 Å². The smallest absolute Gasteiger partial charge is 0.321 e. The van der Waals surface area contributed by atoms with Crippen LogP contribution in [0.4, 0.5) is 0 Å². The maximum Gasteiger partial charge on any atom is 0.368 e. The molecule has 0 amide bonds. The summed E-state index contributed by atoms with van der Waals surface area (Å²) in [7, 11) is -4.37. The highest BCUT2D eigenvalue weighted by atomic mass is 35.9. The molecule has 0 fully saturated rings. The molecule has 0 aliphatic heterocycles. The maximum absolute atomic E-state index is 11.4. The Balaban J connectivity index is 5.33. The molecule has 0 bridgehead atoms. The number of halogens is 4. The third kappa shape index (κ3) is 9.09. The Hall–Kier alpha value is 1.49. The molecular weight excluding hydrogens is 376 g/mol. The highest BCUT2D eigenvalue weighted by Crippen LogP contribution is 2.65. The van der Waals surface area contributed by atoms with Gasteiger partial charge < -0.3 is 9.05 Å². The van der Waals surface area contributed by atoms with E-state index in [9.17, 15) is 8.42 Å². The van der Waals surface area contributed by atoms with Crippen LogP contribution < -0.4 is 0 Å². The van der Waals surface area contributed by atoms with Crippen molar-refractivity contribution in [2.24, 2.45) is 8.30 Å². The second kappa shape index (κ2) is 7.32. The third-order valence-corrected chi connectivity index (χ3v) is 8.67. The molecule has 0 aromatic rings. The molecule has 0 atom stereocenters. The summed E-state index contributed by atoms with van der Waals surface area (Å²) in [5.41, 5.74) is 0. The Kier molecular flexibility index (Phi) is 7.96. The second-order valence-corrected chi connectivity index (χ2v) is 13.3. The Bertz CT molecular complexity index is 418. The molecule has 0 aromatic heterocycles. The molecule has 0 aliphatic rings. The molecule has 0 heterocycles. The molecular formula is C4H10Cl4N2O4P2S. The normalized spacial score (nSPS) is 13.5. The van der Waals surface area contributed by atoms with Gasteiger partial charge in [0.1, 0.15) is 0 Å². The fourth-order valence-corrected chi connectivity index (χ4v) is 7.94. The van der Waals surface area contributed by atoms with E-state index >= 15 is 0 Å². The van der Waals surface area contributed by atoms with Gasteiger partial charge in [0.15, 0.2) is 0 Å². The fourth-order valence-electron chi connectivity index (χ4n) is 0.614. The first-order valence-electron chi connectivity index (χ1n) is 4.13. The van der Waals surface area contributed by atoms with Gasteiger partial charge in [-0.3, -0.25) is 0 Å². The summed E-state index contributed by atoms with van der Waals surface area (Å²) in [6.45, 7) is 3.37. The van der Waals surface area contributed by atoms with Crippen molar-refractivity contribution >= 4 is 67.1 Å². The average molecular weight is 386 g/mol. The van der Waals surface area contributed by atoms with Crippen molar-refractivity contribution in [1.82, 2.24) is 0 Å². The summed E-state index contributed by atoms with van der Waals surface area (Å²) in [5.74, 6) is -6.87. The van der Waals surface area contributed by atoms with Gasteiger partial charge in [-0.15, -0.1) is 8.30 Å². The number of rotatable bonds is 6. The molecule has 0 rings (SSSR count). The van der Waals surface area contributed by atoms with Crippen LogP contribution in [0.25, 0.3) is 0 Å². The van der Waals surface area contributed by atoms with Crippen LogP contribution in [0, 0.1) is 0 Å².